The molecule has 0 atom stereocenters. The third kappa shape index (κ3) is 5.88. The standard InChI is InChI=1S/C12H18F2N2O2/c1-17-6-7-18-5-3-2-4-15-12-11(14)8-10(13)9-16-12/h8-9H,2-7H2,1H3,(H,15,16). The summed E-state index contributed by atoms with van der Waals surface area (Å²) < 4.78 is 35.8. The summed E-state index contributed by atoms with van der Waals surface area (Å²) in [4.78, 5) is 3.63. The lowest BCUT2D eigenvalue weighted by molar-refractivity contribution is 0.0691. The molecule has 0 unspecified atom stereocenters. The second-order valence-corrected chi connectivity index (χ2v) is 3.72. The normalized spacial score (nSPS) is 10.6. The maximum absolute atomic E-state index is 13.2. The van der Waals surface area contributed by atoms with E-state index in [-0.39, 0.29) is 5.82 Å². The third-order valence-corrected chi connectivity index (χ3v) is 2.25. The summed E-state index contributed by atoms with van der Waals surface area (Å²) in [6, 6.07) is 0.809. The van der Waals surface area contributed by atoms with Gasteiger partial charge in [-0.05, 0) is 12.8 Å². The summed E-state index contributed by atoms with van der Waals surface area (Å²) in [5.41, 5.74) is 0. The predicted octanol–water partition coefficient (Wildman–Crippen LogP) is 2.21. The average Bonchev–Trinajstić information content (AvgIpc) is 2.35. The maximum atomic E-state index is 13.2. The van der Waals surface area contributed by atoms with Crippen LogP contribution in [0.3, 0.4) is 0 Å². The van der Waals surface area contributed by atoms with Gasteiger partial charge in [-0.15, -0.1) is 0 Å². The lowest BCUT2D eigenvalue weighted by Gasteiger charge is -2.06. The molecule has 0 aromatic carbocycles. The highest BCUT2D eigenvalue weighted by Gasteiger charge is 2.03. The van der Waals surface area contributed by atoms with E-state index in [1.165, 1.54) is 0 Å². The van der Waals surface area contributed by atoms with Crippen molar-refractivity contribution in [1.82, 2.24) is 4.98 Å². The summed E-state index contributed by atoms with van der Waals surface area (Å²) >= 11 is 0. The Morgan fingerprint density at radius 1 is 1.22 bits per heavy atom. The molecule has 0 bridgehead atoms. The number of rotatable bonds is 9. The second kappa shape index (κ2) is 8.77. The molecule has 0 saturated heterocycles. The lowest BCUT2D eigenvalue weighted by Crippen LogP contribution is -2.08. The minimum absolute atomic E-state index is 0.0803. The van der Waals surface area contributed by atoms with E-state index in [0.29, 0.717) is 26.4 Å². The van der Waals surface area contributed by atoms with Crippen molar-refractivity contribution in [3.05, 3.63) is 23.9 Å². The molecule has 4 nitrogen and oxygen atoms in total. The maximum Gasteiger partial charge on any atom is 0.168 e. The second-order valence-electron chi connectivity index (χ2n) is 3.72. The molecule has 18 heavy (non-hydrogen) atoms. The Morgan fingerprint density at radius 3 is 2.78 bits per heavy atom. The molecule has 102 valence electrons. The van der Waals surface area contributed by atoms with Crippen LogP contribution in [-0.2, 0) is 9.47 Å². The zero-order valence-electron chi connectivity index (χ0n) is 10.4. The number of nitrogens with zero attached hydrogens (tertiary/aromatic N) is 1. The van der Waals surface area contributed by atoms with Gasteiger partial charge in [-0.2, -0.15) is 0 Å². The zero-order chi connectivity index (χ0) is 13.2. The Bertz CT molecular complexity index is 351. The summed E-state index contributed by atoms with van der Waals surface area (Å²) in [5.74, 6) is -1.27. The van der Waals surface area contributed by atoms with Crippen molar-refractivity contribution < 1.29 is 18.3 Å². The Hall–Kier alpha value is -1.27. The van der Waals surface area contributed by atoms with E-state index in [1.54, 1.807) is 7.11 Å². The highest BCUT2D eigenvalue weighted by molar-refractivity contribution is 5.35. The minimum atomic E-state index is -0.676. The first-order valence-corrected chi connectivity index (χ1v) is 5.85. The number of halogens is 2. The number of aromatic nitrogens is 1. The summed E-state index contributed by atoms with van der Waals surface area (Å²) in [5, 5.41) is 2.81. The van der Waals surface area contributed by atoms with Gasteiger partial charge in [0.05, 0.1) is 19.4 Å². The minimum Gasteiger partial charge on any atom is -0.382 e. The monoisotopic (exact) mass is 260 g/mol. The molecule has 1 aromatic heterocycles. The molecule has 0 saturated carbocycles. The van der Waals surface area contributed by atoms with Crippen LogP contribution in [0.25, 0.3) is 0 Å². The largest absolute Gasteiger partial charge is 0.382 e. The molecule has 1 heterocycles. The van der Waals surface area contributed by atoms with Gasteiger partial charge in [0.2, 0.25) is 0 Å². The summed E-state index contributed by atoms with van der Waals surface area (Å²) in [6.07, 6.45) is 2.67. The van der Waals surface area contributed by atoms with Crippen LogP contribution in [0.2, 0.25) is 0 Å². The number of methoxy groups -OCH3 is 1. The van der Waals surface area contributed by atoms with E-state index in [4.69, 9.17) is 9.47 Å². The highest BCUT2D eigenvalue weighted by Crippen LogP contribution is 2.10. The molecule has 0 fully saturated rings. The number of nitrogens with one attached hydrogen (secondary N) is 1. The van der Waals surface area contributed by atoms with E-state index < -0.39 is 11.6 Å². The number of hydrogen-bond acceptors (Lipinski definition) is 4. The highest BCUT2D eigenvalue weighted by atomic mass is 19.1. The molecule has 0 aliphatic heterocycles. The Labute approximate surface area is 105 Å². The van der Waals surface area contributed by atoms with Crippen molar-refractivity contribution in [2.75, 3.05) is 38.8 Å². The molecular weight excluding hydrogens is 242 g/mol. The molecule has 0 aliphatic rings. The molecular formula is C12H18F2N2O2. The Kier molecular flexibility index (Phi) is 7.20. The van der Waals surface area contributed by atoms with E-state index in [1.807, 2.05) is 0 Å². The third-order valence-electron chi connectivity index (χ3n) is 2.25. The summed E-state index contributed by atoms with van der Waals surface area (Å²) in [6.45, 7) is 2.38. The van der Waals surface area contributed by atoms with E-state index >= 15 is 0 Å². The summed E-state index contributed by atoms with van der Waals surface area (Å²) in [7, 11) is 1.62. The van der Waals surface area contributed by atoms with Crippen molar-refractivity contribution in [2.24, 2.45) is 0 Å². The number of ether oxygens (including phenoxy) is 2. The van der Waals surface area contributed by atoms with Crippen molar-refractivity contribution in [1.29, 1.82) is 0 Å². The van der Waals surface area contributed by atoms with E-state index in [2.05, 4.69) is 10.3 Å². The molecule has 1 aromatic rings. The number of hydrogen-bond donors (Lipinski definition) is 1. The molecule has 1 N–H and O–H groups in total. The van der Waals surface area contributed by atoms with Gasteiger partial charge >= 0.3 is 0 Å². The lowest BCUT2D eigenvalue weighted by atomic mass is 10.3. The van der Waals surface area contributed by atoms with Gasteiger partial charge in [-0.25, -0.2) is 13.8 Å². The molecule has 1 rings (SSSR count). The van der Waals surface area contributed by atoms with Crippen LogP contribution in [-0.4, -0.2) is 38.5 Å². The first-order valence-electron chi connectivity index (χ1n) is 5.85. The van der Waals surface area contributed by atoms with Gasteiger partial charge in [0, 0.05) is 26.3 Å². The fourth-order valence-corrected chi connectivity index (χ4v) is 1.32. The van der Waals surface area contributed by atoms with Crippen LogP contribution in [0.15, 0.2) is 12.3 Å². The smallest absolute Gasteiger partial charge is 0.168 e. The van der Waals surface area contributed by atoms with Crippen LogP contribution in [0.1, 0.15) is 12.8 Å². The first kappa shape index (κ1) is 14.8. The Morgan fingerprint density at radius 2 is 2.06 bits per heavy atom. The Balaban J connectivity index is 2.07. The van der Waals surface area contributed by atoms with Crippen LogP contribution < -0.4 is 5.32 Å². The van der Waals surface area contributed by atoms with E-state index in [9.17, 15) is 8.78 Å². The number of pyridine rings is 1. The van der Waals surface area contributed by atoms with Gasteiger partial charge < -0.3 is 14.8 Å². The van der Waals surface area contributed by atoms with Crippen LogP contribution in [0.5, 0.6) is 0 Å². The molecule has 0 spiro atoms. The van der Waals surface area contributed by atoms with Crippen LogP contribution in [0.4, 0.5) is 14.6 Å². The fourth-order valence-electron chi connectivity index (χ4n) is 1.32. The van der Waals surface area contributed by atoms with E-state index in [0.717, 1.165) is 25.1 Å². The number of anilines is 1. The zero-order valence-corrected chi connectivity index (χ0v) is 10.4. The first-order chi connectivity index (χ1) is 8.74. The molecule has 0 radical (unpaired) electrons. The average molecular weight is 260 g/mol. The molecule has 6 heteroatoms. The van der Waals surface area contributed by atoms with Crippen molar-refractivity contribution >= 4 is 5.82 Å². The molecule has 0 amide bonds. The SMILES string of the molecule is COCCOCCCCNc1ncc(F)cc1F. The van der Waals surface area contributed by atoms with Crippen LogP contribution in [0, 0.1) is 11.6 Å². The van der Waals surface area contributed by atoms with Gasteiger partial charge in [-0.1, -0.05) is 0 Å². The molecule has 0 aliphatic carbocycles. The van der Waals surface area contributed by atoms with Gasteiger partial charge in [-0.3, -0.25) is 0 Å². The van der Waals surface area contributed by atoms with Crippen molar-refractivity contribution in [2.45, 2.75) is 12.8 Å². The van der Waals surface area contributed by atoms with Crippen LogP contribution >= 0.6 is 0 Å². The predicted molar refractivity (Wildman–Crippen MR) is 64.6 cm³/mol. The van der Waals surface area contributed by atoms with Crippen molar-refractivity contribution in [3.8, 4) is 0 Å². The quantitative estimate of drug-likeness (QED) is 0.691. The fraction of sp³-hybridized carbons (Fsp3) is 0.583. The number of unbranched alkanes of at least 4 members (excludes halogenated alkanes) is 1. The van der Waals surface area contributed by atoms with Gasteiger partial charge in [0.15, 0.2) is 11.6 Å². The topological polar surface area (TPSA) is 43.4 Å². The van der Waals surface area contributed by atoms with Gasteiger partial charge in [0.25, 0.3) is 0 Å². The van der Waals surface area contributed by atoms with Gasteiger partial charge in [0.1, 0.15) is 5.82 Å². The van der Waals surface area contributed by atoms with Crippen molar-refractivity contribution in [3.63, 3.8) is 0 Å².